The van der Waals surface area contributed by atoms with E-state index in [-0.39, 0.29) is 37.0 Å². The van der Waals surface area contributed by atoms with Crippen LogP contribution in [-0.4, -0.2) is 25.6 Å². The first-order chi connectivity index (χ1) is 6.89. The average molecular weight is 239 g/mol. The SMILES string of the molecule is O=S(=O)(NC1CCC(F)(F)CC1)C1CC1. The average Bonchev–Trinajstić information content (AvgIpc) is 2.91. The molecule has 0 aromatic carbocycles. The highest BCUT2D eigenvalue weighted by Crippen LogP contribution is 2.34. The van der Waals surface area contributed by atoms with Crippen LogP contribution >= 0.6 is 0 Å². The van der Waals surface area contributed by atoms with Crippen LogP contribution in [0.15, 0.2) is 0 Å². The minimum absolute atomic E-state index is 0.204. The van der Waals surface area contributed by atoms with Gasteiger partial charge in [0.05, 0.1) is 5.25 Å². The number of hydrogen-bond acceptors (Lipinski definition) is 2. The molecule has 6 heteroatoms. The molecule has 2 fully saturated rings. The van der Waals surface area contributed by atoms with Crippen LogP contribution in [0.25, 0.3) is 0 Å². The van der Waals surface area contributed by atoms with Crippen LogP contribution in [0.2, 0.25) is 0 Å². The molecule has 1 N–H and O–H groups in total. The van der Waals surface area contributed by atoms with Crippen LogP contribution in [-0.2, 0) is 10.0 Å². The van der Waals surface area contributed by atoms with E-state index in [1.807, 2.05) is 0 Å². The van der Waals surface area contributed by atoms with E-state index in [0.29, 0.717) is 12.8 Å². The van der Waals surface area contributed by atoms with E-state index < -0.39 is 15.9 Å². The van der Waals surface area contributed by atoms with Crippen molar-refractivity contribution in [2.75, 3.05) is 0 Å². The highest BCUT2D eigenvalue weighted by atomic mass is 32.2. The third kappa shape index (κ3) is 2.87. The topological polar surface area (TPSA) is 46.2 Å². The molecule has 0 spiro atoms. The summed E-state index contributed by atoms with van der Waals surface area (Å²) in [7, 11) is -3.22. The molecule has 3 nitrogen and oxygen atoms in total. The molecule has 2 rings (SSSR count). The zero-order valence-electron chi connectivity index (χ0n) is 8.38. The fraction of sp³-hybridized carbons (Fsp3) is 1.00. The van der Waals surface area contributed by atoms with Gasteiger partial charge in [-0.3, -0.25) is 0 Å². The normalized spacial score (nSPS) is 27.9. The van der Waals surface area contributed by atoms with Crippen LogP contribution in [0.5, 0.6) is 0 Å². The monoisotopic (exact) mass is 239 g/mol. The first-order valence-corrected chi connectivity index (χ1v) is 6.83. The van der Waals surface area contributed by atoms with Crippen molar-refractivity contribution in [3.05, 3.63) is 0 Å². The van der Waals surface area contributed by atoms with Gasteiger partial charge in [0.1, 0.15) is 0 Å². The summed E-state index contributed by atoms with van der Waals surface area (Å²) in [6.45, 7) is 0. The predicted octanol–water partition coefficient (Wildman–Crippen LogP) is 1.65. The van der Waals surface area contributed by atoms with Crippen molar-refractivity contribution in [1.82, 2.24) is 4.72 Å². The summed E-state index contributed by atoms with van der Waals surface area (Å²) in [6, 6.07) is -0.282. The molecular weight excluding hydrogens is 224 g/mol. The summed E-state index contributed by atoms with van der Waals surface area (Å²) in [5, 5.41) is -0.264. The summed E-state index contributed by atoms with van der Waals surface area (Å²) in [5.41, 5.74) is 0. The second kappa shape index (κ2) is 3.66. The Labute approximate surface area is 88.3 Å². The van der Waals surface area contributed by atoms with Gasteiger partial charge < -0.3 is 0 Å². The number of rotatable bonds is 3. The minimum Gasteiger partial charge on any atom is -0.212 e. The summed E-state index contributed by atoms with van der Waals surface area (Å²) in [4.78, 5) is 0. The van der Waals surface area contributed by atoms with E-state index in [1.165, 1.54) is 0 Å². The van der Waals surface area contributed by atoms with Gasteiger partial charge in [-0.1, -0.05) is 0 Å². The Hall–Kier alpha value is -0.230. The van der Waals surface area contributed by atoms with Crippen molar-refractivity contribution in [2.24, 2.45) is 0 Å². The van der Waals surface area contributed by atoms with Gasteiger partial charge in [0, 0.05) is 18.9 Å². The van der Waals surface area contributed by atoms with Crippen molar-refractivity contribution >= 4 is 10.0 Å². The highest BCUT2D eigenvalue weighted by Gasteiger charge is 2.40. The Bertz CT molecular complexity index is 328. The van der Waals surface area contributed by atoms with E-state index in [0.717, 1.165) is 0 Å². The number of halogens is 2. The second-order valence-corrected chi connectivity index (χ2v) is 6.48. The van der Waals surface area contributed by atoms with Crippen LogP contribution in [0.4, 0.5) is 8.78 Å². The van der Waals surface area contributed by atoms with E-state index in [4.69, 9.17) is 0 Å². The third-order valence-corrected chi connectivity index (χ3v) is 5.02. The molecule has 2 saturated carbocycles. The molecule has 0 aliphatic heterocycles. The number of alkyl halides is 2. The standard InChI is InChI=1S/C9H15F2NO2S/c10-9(11)5-3-7(4-6-9)12-15(13,14)8-1-2-8/h7-8,12H,1-6H2. The lowest BCUT2D eigenvalue weighted by atomic mass is 9.93. The molecule has 0 unspecified atom stereocenters. The Morgan fingerprint density at radius 2 is 1.60 bits per heavy atom. The van der Waals surface area contributed by atoms with Crippen LogP contribution in [0.1, 0.15) is 38.5 Å². The van der Waals surface area contributed by atoms with Crippen molar-refractivity contribution in [3.63, 3.8) is 0 Å². The van der Waals surface area contributed by atoms with Gasteiger partial charge in [-0.15, -0.1) is 0 Å². The van der Waals surface area contributed by atoms with Gasteiger partial charge >= 0.3 is 0 Å². The lowest BCUT2D eigenvalue weighted by Gasteiger charge is -2.28. The van der Waals surface area contributed by atoms with Crippen molar-refractivity contribution in [2.45, 2.75) is 55.7 Å². The number of sulfonamides is 1. The van der Waals surface area contributed by atoms with E-state index >= 15 is 0 Å². The van der Waals surface area contributed by atoms with E-state index in [1.54, 1.807) is 0 Å². The maximum atomic E-state index is 12.8. The molecule has 15 heavy (non-hydrogen) atoms. The maximum Gasteiger partial charge on any atom is 0.248 e. The lowest BCUT2D eigenvalue weighted by molar-refractivity contribution is -0.0387. The lowest BCUT2D eigenvalue weighted by Crippen LogP contribution is -2.41. The molecule has 2 aliphatic rings. The molecule has 0 heterocycles. The highest BCUT2D eigenvalue weighted by molar-refractivity contribution is 7.90. The Morgan fingerprint density at radius 1 is 1.07 bits per heavy atom. The number of nitrogens with one attached hydrogen (secondary N) is 1. The van der Waals surface area contributed by atoms with Crippen molar-refractivity contribution in [3.8, 4) is 0 Å². The quantitative estimate of drug-likeness (QED) is 0.814. The fourth-order valence-electron chi connectivity index (χ4n) is 1.86. The first-order valence-electron chi connectivity index (χ1n) is 5.28. The molecule has 0 aromatic heterocycles. The minimum atomic E-state index is -3.22. The summed E-state index contributed by atoms with van der Waals surface area (Å²) >= 11 is 0. The second-order valence-electron chi connectivity index (χ2n) is 4.49. The van der Waals surface area contributed by atoms with Crippen molar-refractivity contribution < 1.29 is 17.2 Å². The molecule has 0 radical (unpaired) electrons. The smallest absolute Gasteiger partial charge is 0.212 e. The third-order valence-electron chi connectivity index (χ3n) is 3.01. The van der Waals surface area contributed by atoms with Crippen LogP contribution < -0.4 is 4.72 Å². The zero-order valence-corrected chi connectivity index (χ0v) is 9.19. The van der Waals surface area contributed by atoms with Gasteiger partial charge in [-0.05, 0) is 25.7 Å². The molecular formula is C9H15F2NO2S. The summed E-state index contributed by atoms with van der Waals surface area (Å²) < 4.78 is 51.2. The molecule has 0 bridgehead atoms. The van der Waals surface area contributed by atoms with Gasteiger partial charge in [0.15, 0.2) is 0 Å². The predicted molar refractivity (Wildman–Crippen MR) is 52.3 cm³/mol. The molecule has 0 saturated heterocycles. The van der Waals surface area contributed by atoms with Gasteiger partial charge in [-0.25, -0.2) is 21.9 Å². The van der Waals surface area contributed by atoms with Crippen molar-refractivity contribution in [1.29, 1.82) is 0 Å². The zero-order chi connectivity index (χ0) is 11.1. The Kier molecular flexibility index (Phi) is 2.75. The fourth-order valence-corrected chi connectivity index (χ4v) is 3.51. The Balaban J connectivity index is 1.87. The van der Waals surface area contributed by atoms with Crippen LogP contribution in [0, 0.1) is 0 Å². The summed E-state index contributed by atoms with van der Waals surface area (Å²) in [5.74, 6) is -2.60. The number of hydrogen-bond donors (Lipinski definition) is 1. The molecule has 0 atom stereocenters. The maximum absolute atomic E-state index is 12.8. The molecule has 88 valence electrons. The first kappa shape index (κ1) is 11.3. The van der Waals surface area contributed by atoms with Gasteiger partial charge in [0.25, 0.3) is 0 Å². The molecule has 2 aliphatic carbocycles. The van der Waals surface area contributed by atoms with E-state index in [2.05, 4.69) is 4.72 Å². The molecule has 0 aromatic rings. The van der Waals surface area contributed by atoms with Gasteiger partial charge in [-0.2, -0.15) is 0 Å². The van der Waals surface area contributed by atoms with Gasteiger partial charge in [0.2, 0.25) is 15.9 Å². The van der Waals surface area contributed by atoms with Crippen LogP contribution in [0.3, 0.4) is 0 Å². The largest absolute Gasteiger partial charge is 0.248 e. The van der Waals surface area contributed by atoms with E-state index in [9.17, 15) is 17.2 Å². The molecule has 0 amide bonds. The summed E-state index contributed by atoms with van der Waals surface area (Å²) in [6.07, 6.45) is 1.50. The Morgan fingerprint density at radius 3 is 2.07 bits per heavy atom.